The molecule has 2 aromatic carbocycles. The zero-order valence-corrected chi connectivity index (χ0v) is 14.4. The Hall–Kier alpha value is -3.06. The van der Waals surface area contributed by atoms with Crippen LogP contribution < -0.4 is 19.7 Å². The number of carbonyl (C=O) groups excluding carboxylic acids is 2. The molecule has 1 atom stereocenters. The van der Waals surface area contributed by atoms with Crippen molar-refractivity contribution in [1.29, 1.82) is 0 Å². The van der Waals surface area contributed by atoms with E-state index in [4.69, 9.17) is 14.2 Å². The van der Waals surface area contributed by atoms with E-state index in [1.54, 1.807) is 48.4 Å². The molecule has 0 aliphatic carbocycles. The van der Waals surface area contributed by atoms with E-state index in [0.29, 0.717) is 12.3 Å². The van der Waals surface area contributed by atoms with Gasteiger partial charge in [0.15, 0.2) is 0 Å². The van der Waals surface area contributed by atoms with Crippen molar-refractivity contribution in [2.45, 2.75) is 6.10 Å². The largest absolute Gasteiger partial charge is 0.497 e. The Balaban J connectivity index is 1.54. The molecule has 0 radical (unpaired) electrons. The molecule has 0 aromatic heterocycles. The van der Waals surface area contributed by atoms with Crippen LogP contribution in [-0.4, -0.2) is 44.9 Å². The highest BCUT2D eigenvalue weighted by molar-refractivity contribution is 5.95. The van der Waals surface area contributed by atoms with Gasteiger partial charge in [0.25, 0.3) is 5.91 Å². The van der Waals surface area contributed by atoms with Gasteiger partial charge in [0.1, 0.15) is 18.1 Å². The van der Waals surface area contributed by atoms with E-state index < -0.39 is 6.09 Å². The predicted molar refractivity (Wildman–Crippen MR) is 95.6 cm³/mol. The number of amides is 2. The quantitative estimate of drug-likeness (QED) is 0.889. The van der Waals surface area contributed by atoms with Gasteiger partial charge < -0.3 is 24.4 Å². The first-order chi connectivity index (χ1) is 12.7. The molecule has 0 saturated carbocycles. The summed E-state index contributed by atoms with van der Waals surface area (Å²) in [4.78, 5) is 25.6. The maximum atomic E-state index is 12.1. The third kappa shape index (κ3) is 4.52. The predicted octanol–water partition coefficient (Wildman–Crippen LogP) is 2.22. The molecule has 1 heterocycles. The van der Waals surface area contributed by atoms with Gasteiger partial charge in [0.2, 0.25) is 0 Å². The molecule has 7 nitrogen and oxygen atoms in total. The zero-order valence-electron chi connectivity index (χ0n) is 14.4. The van der Waals surface area contributed by atoms with Crippen molar-refractivity contribution < 1.29 is 23.8 Å². The van der Waals surface area contributed by atoms with E-state index in [-0.39, 0.29) is 25.2 Å². The molecular weight excluding hydrogens is 336 g/mol. The average Bonchev–Trinajstić information content (AvgIpc) is 2.68. The lowest BCUT2D eigenvalue weighted by molar-refractivity contribution is -0.129. The van der Waals surface area contributed by atoms with E-state index in [1.165, 1.54) is 0 Å². The Morgan fingerprint density at radius 3 is 2.58 bits per heavy atom. The molecule has 26 heavy (non-hydrogen) atoms. The molecule has 0 bridgehead atoms. The maximum Gasteiger partial charge on any atom is 0.412 e. The summed E-state index contributed by atoms with van der Waals surface area (Å²) in [6, 6.07) is 16.0. The normalized spacial score (nSPS) is 16.9. The van der Waals surface area contributed by atoms with Crippen LogP contribution in [0.5, 0.6) is 11.5 Å². The Bertz CT molecular complexity index is 748. The van der Waals surface area contributed by atoms with Crippen molar-refractivity contribution in [3.05, 3.63) is 54.6 Å². The molecule has 1 N–H and O–H groups in total. The summed E-state index contributed by atoms with van der Waals surface area (Å²) < 4.78 is 15.8. The minimum Gasteiger partial charge on any atom is -0.497 e. The van der Waals surface area contributed by atoms with Gasteiger partial charge in [0, 0.05) is 12.2 Å². The number of para-hydroxylation sites is 1. The van der Waals surface area contributed by atoms with Crippen LogP contribution in [0.25, 0.3) is 0 Å². The molecule has 1 fully saturated rings. The lowest BCUT2D eigenvalue weighted by Crippen LogP contribution is -2.51. The highest BCUT2D eigenvalue weighted by Gasteiger charge is 2.27. The summed E-state index contributed by atoms with van der Waals surface area (Å²) in [7, 11) is 1.59. The molecule has 1 unspecified atom stereocenters. The van der Waals surface area contributed by atoms with Crippen LogP contribution in [0.15, 0.2) is 54.6 Å². The Kier molecular flexibility index (Phi) is 5.70. The zero-order chi connectivity index (χ0) is 18.4. The van der Waals surface area contributed by atoms with Gasteiger partial charge in [-0.2, -0.15) is 0 Å². The first-order valence-corrected chi connectivity index (χ1v) is 8.22. The fraction of sp³-hybridized carbons (Fsp3) is 0.263. The topological polar surface area (TPSA) is 77.1 Å². The summed E-state index contributed by atoms with van der Waals surface area (Å²) in [5.74, 6) is 1.05. The third-order valence-corrected chi connectivity index (χ3v) is 3.94. The number of hydrogen-bond acceptors (Lipinski definition) is 5. The molecular formula is C19H20N2O5. The number of methoxy groups -OCH3 is 1. The van der Waals surface area contributed by atoms with Crippen molar-refractivity contribution in [1.82, 2.24) is 5.32 Å². The monoisotopic (exact) mass is 356 g/mol. The van der Waals surface area contributed by atoms with Crippen molar-refractivity contribution in [3.63, 3.8) is 0 Å². The van der Waals surface area contributed by atoms with Gasteiger partial charge in [0.05, 0.1) is 19.8 Å². The van der Waals surface area contributed by atoms with E-state index in [2.05, 4.69) is 5.32 Å². The molecule has 1 saturated heterocycles. The highest BCUT2D eigenvalue weighted by atomic mass is 16.6. The molecule has 0 spiro atoms. The number of anilines is 1. The minimum absolute atomic E-state index is 0.0356. The third-order valence-electron chi connectivity index (χ3n) is 3.94. The number of benzene rings is 2. The SMILES string of the molecule is COc1ccc(N2CC(CNC(=O)Oc3ccccc3)OCC2=O)cc1. The van der Waals surface area contributed by atoms with Crippen molar-refractivity contribution in [2.75, 3.05) is 31.7 Å². The number of morpholine rings is 1. The second-order valence-electron chi connectivity index (χ2n) is 5.72. The fourth-order valence-electron chi connectivity index (χ4n) is 2.59. The number of hydrogen-bond donors (Lipinski definition) is 1. The molecule has 7 heteroatoms. The summed E-state index contributed by atoms with van der Waals surface area (Å²) in [6.07, 6.45) is -0.883. The molecule has 1 aliphatic rings. The molecule has 2 aromatic rings. The van der Waals surface area contributed by atoms with Gasteiger partial charge >= 0.3 is 6.09 Å². The van der Waals surface area contributed by atoms with Gasteiger partial charge in [-0.25, -0.2) is 4.79 Å². The van der Waals surface area contributed by atoms with Crippen molar-refractivity contribution in [3.8, 4) is 11.5 Å². The van der Waals surface area contributed by atoms with E-state index in [1.807, 2.05) is 18.2 Å². The number of nitrogens with one attached hydrogen (secondary N) is 1. The Labute approximate surface area is 151 Å². The van der Waals surface area contributed by atoms with Crippen LogP contribution in [0.2, 0.25) is 0 Å². The summed E-state index contributed by atoms with van der Waals surface area (Å²) in [5.41, 5.74) is 0.760. The molecule has 1 aliphatic heterocycles. The second-order valence-corrected chi connectivity index (χ2v) is 5.72. The Morgan fingerprint density at radius 1 is 1.15 bits per heavy atom. The summed E-state index contributed by atoms with van der Waals surface area (Å²) >= 11 is 0. The second kappa shape index (κ2) is 8.35. The van der Waals surface area contributed by atoms with Crippen LogP contribution in [0.3, 0.4) is 0 Å². The van der Waals surface area contributed by atoms with Gasteiger partial charge in [-0.05, 0) is 36.4 Å². The van der Waals surface area contributed by atoms with E-state index >= 15 is 0 Å². The Morgan fingerprint density at radius 2 is 1.88 bits per heavy atom. The molecule has 2 amide bonds. The van der Waals surface area contributed by atoms with Crippen molar-refractivity contribution in [2.24, 2.45) is 0 Å². The molecule has 3 rings (SSSR count). The lowest BCUT2D eigenvalue weighted by Gasteiger charge is -2.32. The van der Waals surface area contributed by atoms with E-state index in [9.17, 15) is 9.59 Å². The standard InChI is InChI=1S/C19H20N2O5/c1-24-15-9-7-14(8-10-15)21-12-17(25-13-18(21)22)11-20-19(23)26-16-5-3-2-4-6-16/h2-10,17H,11-13H2,1H3,(H,20,23). The highest BCUT2D eigenvalue weighted by Crippen LogP contribution is 2.22. The molecule has 136 valence electrons. The van der Waals surface area contributed by atoms with Gasteiger partial charge in [-0.1, -0.05) is 18.2 Å². The minimum atomic E-state index is -0.562. The van der Waals surface area contributed by atoms with Crippen molar-refractivity contribution >= 4 is 17.7 Å². The van der Waals surface area contributed by atoms with Crippen LogP contribution in [-0.2, 0) is 9.53 Å². The first-order valence-electron chi connectivity index (χ1n) is 8.22. The van der Waals surface area contributed by atoms with Crippen LogP contribution in [0, 0.1) is 0 Å². The number of ether oxygens (including phenoxy) is 3. The number of nitrogens with zero attached hydrogens (tertiary/aromatic N) is 1. The smallest absolute Gasteiger partial charge is 0.412 e. The van der Waals surface area contributed by atoms with E-state index in [0.717, 1.165) is 11.4 Å². The average molecular weight is 356 g/mol. The van der Waals surface area contributed by atoms with Gasteiger partial charge in [-0.3, -0.25) is 4.79 Å². The summed E-state index contributed by atoms with van der Waals surface area (Å²) in [6.45, 7) is 0.550. The fourth-order valence-corrected chi connectivity index (χ4v) is 2.59. The van der Waals surface area contributed by atoms with Crippen LogP contribution in [0.1, 0.15) is 0 Å². The summed E-state index contributed by atoms with van der Waals surface area (Å²) in [5, 5.41) is 2.66. The first kappa shape index (κ1) is 17.8. The number of rotatable bonds is 5. The van der Waals surface area contributed by atoms with Crippen LogP contribution >= 0.6 is 0 Å². The maximum absolute atomic E-state index is 12.1. The number of carbonyl (C=O) groups is 2. The van der Waals surface area contributed by atoms with Gasteiger partial charge in [-0.15, -0.1) is 0 Å². The lowest BCUT2D eigenvalue weighted by atomic mass is 10.2. The van der Waals surface area contributed by atoms with Crippen LogP contribution in [0.4, 0.5) is 10.5 Å².